The summed E-state index contributed by atoms with van der Waals surface area (Å²) in [6, 6.07) is 5.96. The SMILES string of the molecule is CCC(C)N(CC)c1ccc(Cl)cc1/C=C/C(=O)O. The summed E-state index contributed by atoms with van der Waals surface area (Å²) in [6.07, 6.45) is 3.76. The average Bonchev–Trinajstić information content (AvgIpc) is 2.38. The van der Waals surface area contributed by atoms with Crippen LogP contribution in [0.25, 0.3) is 6.08 Å². The lowest BCUT2D eigenvalue weighted by Crippen LogP contribution is -2.32. The second-order valence-corrected chi connectivity index (χ2v) is 4.85. The van der Waals surface area contributed by atoms with Crippen LogP contribution in [0.4, 0.5) is 5.69 Å². The molecule has 0 aliphatic rings. The number of carboxylic acid groups (broad SMARTS) is 1. The van der Waals surface area contributed by atoms with Gasteiger partial charge in [0.25, 0.3) is 0 Å². The van der Waals surface area contributed by atoms with Crippen LogP contribution in [-0.2, 0) is 4.79 Å². The highest BCUT2D eigenvalue weighted by molar-refractivity contribution is 6.30. The molecule has 0 radical (unpaired) electrons. The fourth-order valence-electron chi connectivity index (χ4n) is 2.02. The minimum Gasteiger partial charge on any atom is -0.478 e. The smallest absolute Gasteiger partial charge is 0.328 e. The third kappa shape index (κ3) is 4.28. The highest BCUT2D eigenvalue weighted by Crippen LogP contribution is 2.27. The van der Waals surface area contributed by atoms with Gasteiger partial charge in [-0.15, -0.1) is 0 Å². The van der Waals surface area contributed by atoms with Crippen molar-refractivity contribution in [1.82, 2.24) is 0 Å². The summed E-state index contributed by atoms with van der Waals surface area (Å²) < 4.78 is 0. The third-order valence-corrected chi connectivity index (χ3v) is 3.40. The second-order valence-electron chi connectivity index (χ2n) is 4.42. The van der Waals surface area contributed by atoms with E-state index >= 15 is 0 Å². The fourth-order valence-corrected chi connectivity index (χ4v) is 2.20. The van der Waals surface area contributed by atoms with Gasteiger partial charge in [0, 0.05) is 29.4 Å². The quantitative estimate of drug-likeness (QED) is 0.799. The molecule has 1 aromatic carbocycles. The van der Waals surface area contributed by atoms with E-state index < -0.39 is 5.97 Å². The van der Waals surface area contributed by atoms with E-state index in [1.807, 2.05) is 12.1 Å². The molecule has 19 heavy (non-hydrogen) atoms. The molecular formula is C15H20ClNO2. The van der Waals surface area contributed by atoms with Crippen molar-refractivity contribution in [2.24, 2.45) is 0 Å². The third-order valence-electron chi connectivity index (χ3n) is 3.17. The summed E-state index contributed by atoms with van der Waals surface area (Å²) in [4.78, 5) is 12.9. The summed E-state index contributed by atoms with van der Waals surface area (Å²) >= 11 is 5.99. The van der Waals surface area contributed by atoms with Gasteiger partial charge in [-0.2, -0.15) is 0 Å². The molecule has 0 aromatic heterocycles. The molecule has 0 saturated carbocycles. The summed E-state index contributed by atoms with van der Waals surface area (Å²) in [6.45, 7) is 7.24. The lowest BCUT2D eigenvalue weighted by Gasteiger charge is -2.31. The first-order valence-electron chi connectivity index (χ1n) is 6.46. The van der Waals surface area contributed by atoms with Gasteiger partial charge >= 0.3 is 5.97 Å². The molecule has 0 heterocycles. The first-order chi connectivity index (χ1) is 8.99. The van der Waals surface area contributed by atoms with Crippen LogP contribution in [0.2, 0.25) is 5.02 Å². The van der Waals surface area contributed by atoms with Gasteiger partial charge in [-0.25, -0.2) is 4.79 Å². The van der Waals surface area contributed by atoms with E-state index in [2.05, 4.69) is 25.7 Å². The molecule has 0 amide bonds. The predicted octanol–water partition coefficient (Wildman–Crippen LogP) is 4.06. The highest BCUT2D eigenvalue weighted by Gasteiger charge is 2.14. The van der Waals surface area contributed by atoms with Crippen LogP contribution in [0.1, 0.15) is 32.8 Å². The number of benzene rings is 1. The van der Waals surface area contributed by atoms with Gasteiger partial charge in [0.05, 0.1) is 0 Å². The van der Waals surface area contributed by atoms with E-state index in [4.69, 9.17) is 16.7 Å². The molecule has 0 saturated heterocycles. The molecule has 104 valence electrons. The number of carboxylic acids is 1. The number of anilines is 1. The molecule has 1 aromatic rings. The summed E-state index contributed by atoms with van der Waals surface area (Å²) in [5, 5.41) is 9.36. The zero-order valence-corrected chi connectivity index (χ0v) is 12.3. The van der Waals surface area contributed by atoms with E-state index in [0.717, 1.165) is 30.3 Å². The van der Waals surface area contributed by atoms with E-state index in [9.17, 15) is 4.79 Å². The van der Waals surface area contributed by atoms with Crippen molar-refractivity contribution >= 4 is 29.3 Å². The number of nitrogens with zero attached hydrogens (tertiary/aromatic N) is 1. The topological polar surface area (TPSA) is 40.5 Å². The molecule has 1 atom stereocenters. The van der Waals surface area contributed by atoms with E-state index in [-0.39, 0.29) is 0 Å². The number of carbonyl (C=O) groups is 1. The molecule has 1 unspecified atom stereocenters. The number of aliphatic carboxylic acids is 1. The Balaban J connectivity index is 3.21. The van der Waals surface area contributed by atoms with Gasteiger partial charge in [-0.1, -0.05) is 18.5 Å². The number of hydrogen-bond donors (Lipinski definition) is 1. The second kappa shape index (κ2) is 7.19. The minimum atomic E-state index is -0.961. The molecule has 1 N–H and O–H groups in total. The lowest BCUT2D eigenvalue weighted by atomic mass is 10.1. The van der Waals surface area contributed by atoms with Gasteiger partial charge in [-0.05, 0) is 50.1 Å². The maximum Gasteiger partial charge on any atom is 0.328 e. The zero-order valence-electron chi connectivity index (χ0n) is 11.6. The largest absolute Gasteiger partial charge is 0.478 e. The van der Waals surface area contributed by atoms with Crippen LogP contribution in [0, 0.1) is 0 Å². The van der Waals surface area contributed by atoms with Gasteiger partial charge in [0.1, 0.15) is 0 Å². The Morgan fingerprint density at radius 2 is 2.16 bits per heavy atom. The van der Waals surface area contributed by atoms with Gasteiger partial charge < -0.3 is 10.0 Å². The summed E-state index contributed by atoms with van der Waals surface area (Å²) in [7, 11) is 0. The maximum atomic E-state index is 10.7. The van der Waals surface area contributed by atoms with Crippen LogP contribution in [-0.4, -0.2) is 23.7 Å². The van der Waals surface area contributed by atoms with Crippen molar-refractivity contribution in [2.45, 2.75) is 33.2 Å². The van der Waals surface area contributed by atoms with Crippen molar-refractivity contribution in [3.05, 3.63) is 34.9 Å². The van der Waals surface area contributed by atoms with Crippen molar-refractivity contribution in [1.29, 1.82) is 0 Å². The Hall–Kier alpha value is -1.48. The Kier molecular flexibility index (Phi) is 5.90. The standard InChI is InChI=1S/C15H20ClNO2/c1-4-11(3)17(5-2)14-8-7-13(16)10-12(14)6-9-15(18)19/h6-11H,4-5H2,1-3H3,(H,18,19)/b9-6+. The first-order valence-corrected chi connectivity index (χ1v) is 6.84. The monoisotopic (exact) mass is 281 g/mol. The molecule has 4 heteroatoms. The molecule has 0 aliphatic heterocycles. The molecule has 1 rings (SSSR count). The summed E-state index contributed by atoms with van der Waals surface area (Å²) in [5.41, 5.74) is 1.84. The van der Waals surface area contributed by atoms with Crippen LogP contribution < -0.4 is 4.90 Å². The maximum absolute atomic E-state index is 10.7. The van der Waals surface area contributed by atoms with Gasteiger partial charge in [-0.3, -0.25) is 0 Å². The van der Waals surface area contributed by atoms with Crippen molar-refractivity contribution in [2.75, 3.05) is 11.4 Å². The summed E-state index contributed by atoms with van der Waals surface area (Å²) in [5.74, 6) is -0.961. The van der Waals surface area contributed by atoms with E-state index in [1.54, 1.807) is 12.1 Å². The number of hydrogen-bond acceptors (Lipinski definition) is 2. The average molecular weight is 282 g/mol. The fraction of sp³-hybridized carbons (Fsp3) is 0.400. The van der Waals surface area contributed by atoms with Crippen LogP contribution in [0.15, 0.2) is 24.3 Å². The van der Waals surface area contributed by atoms with Crippen LogP contribution in [0.5, 0.6) is 0 Å². The van der Waals surface area contributed by atoms with Crippen LogP contribution >= 0.6 is 11.6 Å². The van der Waals surface area contributed by atoms with E-state index in [1.165, 1.54) is 0 Å². The predicted molar refractivity (Wildman–Crippen MR) is 80.9 cm³/mol. The molecule has 0 bridgehead atoms. The van der Waals surface area contributed by atoms with Crippen molar-refractivity contribution in [3.63, 3.8) is 0 Å². The highest BCUT2D eigenvalue weighted by atomic mass is 35.5. The molecule has 3 nitrogen and oxygen atoms in total. The normalized spacial score (nSPS) is 12.6. The Morgan fingerprint density at radius 1 is 1.47 bits per heavy atom. The zero-order chi connectivity index (χ0) is 14.4. The molecule has 0 spiro atoms. The van der Waals surface area contributed by atoms with Crippen molar-refractivity contribution in [3.8, 4) is 0 Å². The van der Waals surface area contributed by atoms with Crippen molar-refractivity contribution < 1.29 is 9.90 Å². The number of halogens is 1. The first kappa shape index (κ1) is 15.6. The Labute approximate surface area is 119 Å². The lowest BCUT2D eigenvalue weighted by molar-refractivity contribution is -0.131. The number of rotatable bonds is 6. The minimum absolute atomic E-state index is 0.392. The molecule has 0 aliphatic carbocycles. The van der Waals surface area contributed by atoms with Gasteiger partial charge in [0.15, 0.2) is 0 Å². The molecular weight excluding hydrogens is 262 g/mol. The van der Waals surface area contributed by atoms with Crippen LogP contribution in [0.3, 0.4) is 0 Å². The van der Waals surface area contributed by atoms with E-state index in [0.29, 0.717) is 11.1 Å². The molecule has 0 fully saturated rings. The van der Waals surface area contributed by atoms with Gasteiger partial charge in [0.2, 0.25) is 0 Å². The Bertz CT molecular complexity index is 471. The Morgan fingerprint density at radius 3 is 2.68 bits per heavy atom.